The van der Waals surface area contributed by atoms with Crippen molar-refractivity contribution in [2.24, 2.45) is 0 Å². The first-order valence-electron chi connectivity index (χ1n) is 9.53. The zero-order chi connectivity index (χ0) is 19.7. The summed E-state index contributed by atoms with van der Waals surface area (Å²) >= 11 is 5.99. The predicted octanol–water partition coefficient (Wildman–Crippen LogP) is 4.39. The third-order valence-electron chi connectivity index (χ3n) is 5.38. The Labute approximate surface area is 168 Å². The molecule has 0 atom stereocenters. The first-order chi connectivity index (χ1) is 13.5. The highest BCUT2D eigenvalue weighted by Crippen LogP contribution is 2.37. The van der Waals surface area contributed by atoms with Crippen molar-refractivity contribution in [3.63, 3.8) is 0 Å². The Morgan fingerprint density at radius 2 is 2.11 bits per heavy atom. The fourth-order valence-electron chi connectivity index (χ4n) is 3.47. The molecule has 4 rings (SSSR count). The van der Waals surface area contributed by atoms with Gasteiger partial charge in [0, 0.05) is 28.9 Å². The minimum atomic E-state index is -0.0611. The number of hydrogen-bond donors (Lipinski definition) is 1. The molecule has 1 fully saturated rings. The second kappa shape index (κ2) is 7.80. The first-order valence-corrected chi connectivity index (χ1v) is 9.90. The second-order valence-corrected chi connectivity index (χ2v) is 7.79. The molecule has 6 nitrogen and oxygen atoms in total. The van der Waals surface area contributed by atoms with Crippen molar-refractivity contribution in [2.75, 3.05) is 0 Å². The summed E-state index contributed by atoms with van der Waals surface area (Å²) in [5.74, 6) is 1.60. The van der Waals surface area contributed by atoms with Crippen molar-refractivity contribution in [2.45, 2.75) is 52.1 Å². The van der Waals surface area contributed by atoms with Crippen LogP contribution in [0.5, 0.6) is 0 Å². The topological polar surface area (TPSA) is 73.0 Å². The Balaban J connectivity index is 1.44. The van der Waals surface area contributed by atoms with Gasteiger partial charge in [0.05, 0.1) is 5.56 Å². The number of rotatable bonds is 6. The number of halogens is 1. The second-order valence-electron chi connectivity index (χ2n) is 7.35. The van der Waals surface area contributed by atoms with Crippen LogP contribution in [0.2, 0.25) is 5.02 Å². The molecule has 1 saturated carbocycles. The van der Waals surface area contributed by atoms with E-state index in [1.54, 1.807) is 0 Å². The van der Waals surface area contributed by atoms with Gasteiger partial charge in [0.15, 0.2) is 0 Å². The van der Waals surface area contributed by atoms with Gasteiger partial charge >= 0.3 is 0 Å². The van der Waals surface area contributed by atoms with Gasteiger partial charge in [-0.05, 0) is 50.5 Å². The number of nitrogens with zero attached hydrogens (tertiary/aromatic N) is 3. The van der Waals surface area contributed by atoms with Crippen molar-refractivity contribution in [1.82, 2.24) is 20.1 Å². The molecule has 28 heavy (non-hydrogen) atoms. The molecular formula is C21H23ClN4O2. The molecule has 2 heterocycles. The summed E-state index contributed by atoms with van der Waals surface area (Å²) in [7, 11) is 0. The molecule has 0 spiro atoms. The summed E-state index contributed by atoms with van der Waals surface area (Å²) in [5.41, 5.74) is 3.78. The van der Waals surface area contributed by atoms with Crippen LogP contribution in [0.25, 0.3) is 11.5 Å². The van der Waals surface area contributed by atoms with E-state index in [2.05, 4.69) is 15.5 Å². The van der Waals surface area contributed by atoms with Crippen LogP contribution in [0.1, 0.15) is 48.0 Å². The van der Waals surface area contributed by atoms with E-state index in [0.29, 0.717) is 23.4 Å². The molecule has 1 aliphatic carbocycles. The number of benzene rings is 1. The Bertz CT molecular complexity index is 1000. The SMILES string of the molecule is Cc1cc(-c2nnc(C3CCC3)o2)c(C)n1CC(=O)NCc1cccc(Cl)c1. The molecule has 0 aliphatic heterocycles. The summed E-state index contributed by atoms with van der Waals surface area (Å²) in [6.07, 6.45) is 3.46. The van der Waals surface area contributed by atoms with E-state index < -0.39 is 0 Å². The van der Waals surface area contributed by atoms with Gasteiger partial charge in [-0.1, -0.05) is 30.2 Å². The first kappa shape index (κ1) is 18.7. The van der Waals surface area contributed by atoms with Crippen LogP contribution in [-0.4, -0.2) is 20.7 Å². The van der Waals surface area contributed by atoms with Crippen molar-refractivity contribution in [3.05, 3.63) is 58.2 Å². The van der Waals surface area contributed by atoms with E-state index in [1.165, 1.54) is 6.42 Å². The highest BCUT2D eigenvalue weighted by atomic mass is 35.5. The molecule has 2 aromatic heterocycles. The van der Waals surface area contributed by atoms with Gasteiger partial charge < -0.3 is 14.3 Å². The van der Waals surface area contributed by atoms with Crippen LogP contribution in [0.15, 0.2) is 34.7 Å². The number of aromatic nitrogens is 3. The Morgan fingerprint density at radius 1 is 1.29 bits per heavy atom. The van der Waals surface area contributed by atoms with E-state index in [-0.39, 0.29) is 12.5 Å². The number of nitrogens with one attached hydrogen (secondary N) is 1. The maximum absolute atomic E-state index is 12.4. The van der Waals surface area contributed by atoms with Crippen LogP contribution in [0, 0.1) is 13.8 Å². The fraction of sp³-hybridized carbons (Fsp3) is 0.381. The van der Waals surface area contributed by atoms with Crippen molar-refractivity contribution in [3.8, 4) is 11.5 Å². The van der Waals surface area contributed by atoms with E-state index >= 15 is 0 Å². The molecule has 0 bridgehead atoms. The molecule has 7 heteroatoms. The highest BCUT2D eigenvalue weighted by molar-refractivity contribution is 6.30. The summed E-state index contributed by atoms with van der Waals surface area (Å²) in [6, 6.07) is 9.47. The van der Waals surface area contributed by atoms with Crippen LogP contribution in [0.4, 0.5) is 0 Å². The summed E-state index contributed by atoms with van der Waals surface area (Å²) in [4.78, 5) is 12.4. The van der Waals surface area contributed by atoms with E-state index in [0.717, 1.165) is 41.2 Å². The van der Waals surface area contributed by atoms with Crippen molar-refractivity contribution < 1.29 is 9.21 Å². The molecule has 1 aromatic carbocycles. The van der Waals surface area contributed by atoms with E-state index in [4.69, 9.17) is 16.0 Å². The van der Waals surface area contributed by atoms with Crippen LogP contribution < -0.4 is 5.32 Å². The van der Waals surface area contributed by atoms with Crippen LogP contribution >= 0.6 is 11.6 Å². The minimum absolute atomic E-state index is 0.0611. The molecule has 0 radical (unpaired) electrons. The van der Waals surface area contributed by atoms with Crippen LogP contribution in [-0.2, 0) is 17.9 Å². The minimum Gasteiger partial charge on any atom is -0.420 e. The standard InChI is InChI=1S/C21H23ClN4O2/c1-13-9-18(21-25-24-20(28-21)16-6-4-7-16)14(2)26(13)12-19(27)23-11-15-5-3-8-17(22)10-15/h3,5,8-10,16H,4,6-7,11-12H2,1-2H3,(H,23,27). The molecule has 0 saturated heterocycles. The lowest BCUT2D eigenvalue weighted by molar-refractivity contribution is -0.121. The maximum atomic E-state index is 12.4. The average Bonchev–Trinajstić information content (AvgIpc) is 3.19. The normalized spacial score (nSPS) is 14.1. The van der Waals surface area contributed by atoms with Crippen molar-refractivity contribution in [1.29, 1.82) is 0 Å². The summed E-state index contributed by atoms with van der Waals surface area (Å²) in [6.45, 7) is 4.63. The summed E-state index contributed by atoms with van der Waals surface area (Å²) < 4.78 is 7.86. The molecule has 1 amide bonds. The number of hydrogen-bond acceptors (Lipinski definition) is 4. The average molecular weight is 399 g/mol. The van der Waals surface area contributed by atoms with Gasteiger partial charge in [-0.15, -0.1) is 10.2 Å². The zero-order valence-corrected chi connectivity index (χ0v) is 16.8. The smallest absolute Gasteiger partial charge is 0.249 e. The fourth-order valence-corrected chi connectivity index (χ4v) is 3.68. The van der Waals surface area contributed by atoms with Gasteiger partial charge in [0.25, 0.3) is 0 Å². The molecule has 1 N–H and O–H groups in total. The lowest BCUT2D eigenvalue weighted by Gasteiger charge is -2.20. The number of carbonyl (C=O) groups excluding carboxylic acids is 1. The predicted molar refractivity (Wildman–Crippen MR) is 107 cm³/mol. The third-order valence-corrected chi connectivity index (χ3v) is 5.61. The van der Waals surface area contributed by atoms with E-state index in [1.807, 2.05) is 48.7 Å². The zero-order valence-electron chi connectivity index (χ0n) is 16.0. The molecule has 146 valence electrons. The molecule has 3 aromatic rings. The van der Waals surface area contributed by atoms with Crippen LogP contribution in [0.3, 0.4) is 0 Å². The summed E-state index contributed by atoms with van der Waals surface area (Å²) in [5, 5.41) is 12.0. The molecule has 0 unspecified atom stereocenters. The van der Waals surface area contributed by atoms with Crippen molar-refractivity contribution >= 4 is 17.5 Å². The van der Waals surface area contributed by atoms with E-state index in [9.17, 15) is 4.79 Å². The number of amides is 1. The van der Waals surface area contributed by atoms with Gasteiger partial charge in [-0.2, -0.15) is 0 Å². The quantitative estimate of drug-likeness (QED) is 0.668. The third kappa shape index (κ3) is 3.83. The molecule has 1 aliphatic rings. The van der Waals surface area contributed by atoms with Gasteiger partial charge in [-0.25, -0.2) is 0 Å². The Hall–Kier alpha value is -2.60. The Morgan fingerprint density at radius 3 is 2.82 bits per heavy atom. The monoisotopic (exact) mass is 398 g/mol. The highest BCUT2D eigenvalue weighted by Gasteiger charge is 2.26. The van der Waals surface area contributed by atoms with Gasteiger partial charge in [-0.3, -0.25) is 4.79 Å². The molecular weight excluding hydrogens is 376 g/mol. The lowest BCUT2D eigenvalue weighted by atomic mass is 9.85. The van der Waals surface area contributed by atoms with Gasteiger partial charge in [0.2, 0.25) is 17.7 Å². The van der Waals surface area contributed by atoms with Gasteiger partial charge in [0.1, 0.15) is 6.54 Å². The maximum Gasteiger partial charge on any atom is 0.249 e. The number of aryl methyl sites for hydroxylation is 1. The largest absolute Gasteiger partial charge is 0.420 e. The number of carbonyl (C=O) groups is 1. The Kier molecular flexibility index (Phi) is 5.22. The lowest BCUT2D eigenvalue weighted by Crippen LogP contribution is -2.27.